The lowest BCUT2D eigenvalue weighted by molar-refractivity contribution is 0.0822. The van der Waals surface area contributed by atoms with Gasteiger partial charge in [-0.05, 0) is 35.9 Å². The fourth-order valence-corrected chi connectivity index (χ4v) is 3.01. The summed E-state index contributed by atoms with van der Waals surface area (Å²) in [6.07, 6.45) is 2.44. The Kier molecular flexibility index (Phi) is 6.31. The van der Waals surface area contributed by atoms with Crippen molar-refractivity contribution in [2.24, 2.45) is 5.92 Å². The number of anilines is 1. The minimum Gasteiger partial charge on any atom is -0.343 e. The van der Waals surface area contributed by atoms with E-state index in [1.807, 2.05) is 6.07 Å². The van der Waals surface area contributed by atoms with E-state index in [-0.39, 0.29) is 11.9 Å². The summed E-state index contributed by atoms with van der Waals surface area (Å²) in [5, 5.41) is 7.64. The topological polar surface area (TPSA) is 74.3 Å². The maximum absolute atomic E-state index is 12.0. The van der Waals surface area contributed by atoms with E-state index < -0.39 is 0 Å². The Morgan fingerprint density at radius 2 is 2.12 bits per heavy atom. The van der Waals surface area contributed by atoms with Crippen LogP contribution in [-0.4, -0.2) is 42.5 Å². The number of rotatable bonds is 6. The second-order valence-electron chi connectivity index (χ2n) is 5.85. The molecular formula is C17H22N4O2S. The normalized spacial score (nSPS) is 11.6. The van der Waals surface area contributed by atoms with Crippen molar-refractivity contribution in [3.05, 3.63) is 46.4 Å². The van der Waals surface area contributed by atoms with Crippen LogP contribution in [0, 0.1) is 5.92 Å². The van der Waals surface area contributed by atoms with Crippen molar-refractivity contribution in [1.82, 2.24) is 15.2 Å². The Labute approximate surface area is 145 Å². The maximum Gasteiger partial charge on any atom is 0.319 e. The summed E-state index contributed by atoms with van der Waals surface area (Å²) in [5.41, 5.74) is 0.836. The van der Waals surface area contributed by atoms with Crippen LogP contribution in [0.5, 0.6) is 0 Å². The minimum absolute atomic E-state index is 0.205. The molecule has 2 rings (SSSR count). The van der Waals surface area contributed by atoms with Crippen LogP contribution >= 0.6 is 11.3 Å². The molecular weight excluding hydrogens is 324 g/mol. The average molecular weight is 346 g/mol. The first-order valence-corrected chi connectivity index (χ1v) is 8.58. The molecule has 6 nitrogen and oxygen atoms in total. The zero-order valence-electron chi connectivity index (χ0n) is 14.1. The molecule has 0 spiro atoms. The third kappa shape index (κ3) is 5.34. The fraction of sp³-hybridized carbons (Fsp3) is 0.353. The quantitative estimate of drug-likeness (QED) is 0.844. The number of hydrogen-bond acceptors (Lipinski definition) is 4. The number of nitrogens with zero attached hydrogens (tertiary/aromatic N) is 2. The van der Waals surface area contributed by atoms with Crippen LogP contribution in [0.25, 0.3) is 0 Å². The number of nitrogens with one attached hydrogen (secondary N) is 2. The Morgan fingerprint density at radius 3 is 2.79 bits per heavy atom. The van der Waals surface area contributed by atoms with Gasteiger partial charge in [-0.1, -0.05) is 13.0 Å². The molecule has 2 N–H and O–H groups in total. The Hall–Kier alpha value is -2.41. The maximum atomic E-state index is 12.0. The highest BCUT2D eigenvalue weighted by Gasteiger charge is 2.11. The largest absolute Gasteiger partial charge is 0.343 e. The minimum atomic E-state index is -0.289. The molecule has 0 aliphatic carbocycles. The molecule has 2 aromatic heterocycles. The van der Waals surface area contributed by atoms with Crippen molar-refractivity contribution in [3.63, 3.8) is 0 Å². The van der Waals surface area contributed by atoms with Gasteiger partial charge in [-0.15, -0.1) is 11.3 Å². The molecule has 0 unspecified atom stereocenters. The van der Waals surface area contributed by atoms with Gasteiger partial charge in [-0.3, -0.25) is 9.78 Å². The molecule has 0 bridgehead atoms. The molecule has 2 aromatic rings. The van der Waals surface area contributed by atoms with Gasteiger partial charge in [-0.2, -0.15) is 0 Å². The zero-order chi connectivity index (χ0) is 17.5. The zero-order valence-corrected chi connectivity index (χ0v) is 14.9. The highest BCUT2D eigenvalue weighted by atomic mass is 32.1. The van der Waals surface area contributed by atoms with Crippen LogP contribution < -0.4 is 10.6 Å². The molecule has 0 aliphatic heterocycles. The Bertz CT molecular complexity index is 686. The van der Waals surface area contributed by atoms with E-state index in [2.05, 4.69) is 34.0 Å². The highest BCUT2D eigenvalue weighted by Crippen LogP contribution is 2.14. The third-order valence-corrected chi connectivity index (χ3v) is 4.28. The number of thiophene rings is 1. The van der Waals surface area contributed by atoms with Gasteiger partial charge < -0.3 is 15.5 Å². The van der Waals surface area contributed by atoms with E-state index in [1.165, 1.54) is 16.0 Å². The SMILES string of the molecule is C[C@@H](CNC(=O)Nc1ccnc(C(=O)N(C)C)c1)Cc1cccs1. The van der Waals surface area contributed by atoms with Gasteiger partial charge >= 0.3 is 6.03 Å². The van der Waals surface area contributed by atoms with Crippen molar-refractivity contribution in [2.75, 3.05) is 26.0 Å². The number of carbonyl (C=O) groups is 2. The van der Waals surface area contributed by atoms with Gasteiger partial charge in [0, 0.05) is 37.4 Å². The molecule has 0 saturated heterocycles. The molecule has 1 atom stereocenters. The van der Waals surface area contributed by atoms with Gasteiger partial charge in [0.15, 0.2) is 0 Å². The standard InChI is InChI=1S/C17H22N4O2S/c1-12(9-14-5-4-8-24-14)11-19-17(23)20-13-6-7-18-15(10-13)16(22)21(2)3/h4-8,10,12H,9,11H2,1-3H3,(H2,18,19,20,23)/t12-/m1/s1. The summed E-state index contributed by atoms with van der Waals surface area (Å²) in [7, 11) is 3.32. The summed E-state index contributed by atoms with van der Waals surface area (Å²) < 4.78 is 0. The number of hydrogen-bond donors (Lipinski definition) is 2. The monoisotopic (exact) mass is 346 g/mol. The van der Waals surface area contributed by atoms with Gasteiger partial charge in [-0.25, -0.2) is 4.79 Å². The smallest absolute Gasteiger partial charge is 0.319 e. The molecule has 0 aliphatic rings. The number of amides is 3. The summed E-state index contributed by atoms with van der Waals surface area (Å²) in [5.74, 6) is 0.140. The number of urea groups is 1. The average Bonchev–Trinajstić information content (AvgIpc) is 3.05. The third-order valence-electron chi connectivity index (χ3n) is 3.38. The van der Waals surface area contributed by atoms with Crippen LogP contribution in [0.3, 0.4) is 0 Å². The van der Waals surface area contributed by atoms with E-state index in [0.29, 0.717) is 23.8 Å². The summed E-state index contributed by atoms with van der Waals surface area (Å²) in [6.45, 7) is 2.68. The molecule has 0 radical (unpaired) electrons. The van der Waals surface area contributed by atoms with Gasteiger partial charge in [0.25, 0.3) is 5.91 Å². The van der Waals surface area contributed by atoms with Gasteiger partial charge in [0.1, 0.15) is 5.69 Å². The first kappa shape index (κ1) is 17.9. The summed E-state index contributed by atoms with van der Waals surface area (Å²) >= 11 is 1.72. The second kappa shape index (κ2) is 8.44. The van der Waals surface area contributed by atoms with E-state index >= 15 is 0 Å². The molecule has 0 fully saturated rings. The van der Waals surface area contributed by atoms with Crippen molar-refractivity contribution in [1.29, 1.82) is 0 Å². The van der Waals surface area contributed by atoms with Crippen molar-refractivity contribution >= 4 is 29.0 Å². The van der Waals surface area contributed by atoms with E-state index in [9.17, 15) is 9.59 Å². The van der Waals surface area contributed by atoms with Gasteiger partial charge in [0.05, 0.1) is 0 Å². The molecule has 128 valence electrons. The van der Waals surface area contributed by atoms with Crippen molar-refractivity contribution in [2.45, 2.75) is 13.3 Å². The highest BCUT2D eigenvalue weighted by molar-refractivity contribution is 7.09. The fourth-order valence-electron chi connectivity index (χ4n) is 2.14. The van der Waals surface area contributed by atoms with Gasteiger partial charge in [0.2, 0.25) is 0 Å². The molecule has 2 heterocycles. The molecule has 7 heteroatoms. The van der Waals surface area contributed by atoms with Crippen LogP contribution in [0.15, 0.2) is 35.8 Å². The molecule has 0 saturated carbocycles. The van der Waals surface area contributed by atoms with Crippen LogP contribution in [0.4, 0.5) is 10.5 Å². The predicted octanol–water partition coefficient (Wildman–Crippen LogP) is 2.85. The second-order valence-corrected chi connectivity index (χ2v) is 6.89. The lowest BCUT2D eigenvalue weighted by Crippen LogP contribution is -2.33. The van der Waals surface area contributed by atoms with Crippen LogP contribution in [0.2, 0.25) is 0 Å². The van der Waals surface area contributed by atoms with Crippen LogP contribution in [0.1, 0.15) is 22.3 Å². The first-order valence-electron chi connectivity index (χ1n) is 7.70. The number of pyridine rings is 1. The first-order chi connectivity index (χ1) is 11.5. The van der Waals surface area contributed by atoms with E-state index in [4.69, 9.17) is 0 Å². The summed E-state index contributed by atoms with van der Waals surface area (Å²) in [6, 6.07) is 7.06. The molecule has 0 aromatic carbocycles. The number of aromatic nitrogens is 1. The Balaban J connectivity index is 1.83. The molecule has 3 amide bonds. The lowest BCUT2D eigenvalue weighted by Gasteiger charge is -2.13. The Morgan fingerprint density at radius 1 is 1.33 bits per heavy atom. The van der Waals surface area contributed by atoms with Crippen LogP contribution in [-0.2, 0) is 6.42 Å². The summed E-state index contributed by atoms with van der Waals surface area (Å²) in [4.78, 5) is 30.7. The lowest BCUT2D eigenvalue weighted by atomic mass is 10.1. The molecule has 24 heavy (non-hydrogen) atoms. The predicted molar refractivity (Wildman–Crippen MR) is 96.5 cm³/mol. The van der Waals surface area contributed by atoms with Crippen molar-refractivity contribution in [3.8, 4) is 0 Å². The van der Waals surface area contributed by atoms with Crippen molar-refractivity contribution < 1.29 is 9.59 Å². The van der Waals surface area contributed by atoms with E-state index in [0.717, 1.165) is 6.42 Å². The van der Waals surface area contributed by atoms with E-state index in [1.54, 1.807) is 37.6 Å². The number of carbonyl (C=O) groups excluding carboxylic acids is 2.